The van der Waals surface area contributed by atoms with E-state index in [9.17, 15) is 4.79 Å². The van der Waals surface area contributed by atoms with Gasteiger partial charge in [-0.25, -0.2) is 14.8 Å². The lowest BCUT2D eigenvalue weighted by molar-refractivity contribution is 0.0697. The van der Waals surface area contributed by atoms with Gasteiger partial charge in [0, 0.05) is 18.3 Å². The van der Waals surface area contributed by atoms with Gasteiger partial charge in [-0.15, -0.1) is 0 Å². The fraction of sp³-hybridized carbons (Fsp3) is 0.312. The highest BCUT2D eigenvalue weighted by Gasteiger charge is 2.04. The van der Waals surface area contributed by atoms with Crippen LogP contribution in [0.3, 0.4) is 0 Å². The van der Waals surface area contributed by atoms with Gasteiger partial charge in [0.2, 0.25) is 0 Å². The maximum absolute atomic E-state index is 11.0. The van der Waals surface area contributed by atoms with E-state index >= 15 is 0 Å². The fourth-order valence-corrected chi connectivity index (χ4v) is 1.89. The fourth-order valence-electron chi connectivity index (χ4n) is 1.89. The lowest BCUT2D eigenvalue weighted by atomic mass is 10.1. The molecule has 0 aliphatic carbocycles. The molecule has 2 aromatic rings. The summed E-state index contributed by atoms with van der Waals surface area (Å²) in [5.41, 5.74) is 0.904. The molecule has 0 fully saturated rings. The number of hydrogen-bond acceptors (Lipinski definition) is 5. The van der Waals surface area contributed by atoms with E-state index in [0.29, 0.717) is 17.4 Å². The summed E-state index contributed by atoms with van der Waals surface area (Å²) in [6.07, 6.45) is 2.54. The van der Waals surface area contributed by atoms with Crippen molar-refractivity contribution in [2.45, 2.75) is 20.3 Å². The Balaban J connectivity index is 2.03. The van der Waals surface area contributed by atoms with Gasteiger partial charge >= 0.3 is 5.97 Å². The first-order valence-electron chi connectivity index (χ1n) is 7.21. The third kappa shape index (κ3) is 4.73. The predicted molar refractivity (Wildman–Crippen MR) is 86.7 cm³/mol. The zero-order chi connectivity index (χ0) is 15.9. The number of carboxylic acids is 1. The molecule has 0 radical (unpaired) electrons. The van der Waals surface area contributed by atoms with Crippen LogP contribution in [0.2, 0.25) is 0 Å². The number of aromatic carboxylic acids is 1. The van der Waals surface area contributed by atoms with Crippen molar-refractivity contribution in [1.29, 1.82) is 0 Å². The Hall–Kier alpha value is -2.63. The highest BCUT2D eigenvalue weighted by atomic mass is 16.4. The number of nitrogens with one attached hydrogen (secondary N) is 2. The van der Waals surface area contributed by atoms with E-state index in [1.807, 2.05) is 0 Å². The zero-order valence-corrected chi connectivity index (χ0v) is 12.7. The number of anilines is 3. The molecule has 0 saturated heterocycles. The van der Waals surface area contributed by atoms with Gasteiger partial charge in [0.25, 0.3) is 0 Å². The molecular weight excluding hydrogens is 280 g/mol. The standard InChI is InChI=1S/C16H20N4O2/c1-11(2)6-7-17-14-9-15(19-10-18-14)20-13-5-3-4-12(8-13)16(21)22/h3-5,8-11H,6-7H2,1-2H3,(H,21,22)(H2,17,18,19,20). The first-order valence-corrected chi connectivity index (χ1v) is 7.21. The summed E-state index contributed by atoms with van der Waals surface area (Å²) < 4.78 is 0. The van der Waals surface area contributed by atoms with Crippen molar-refractivity contribution < 1.29 is 9.90 Å². The number of nitrogens with zero attached hydrogens (tertiary/aromatic N) is 2. The van der Waals surface area contributed by atoms with E-state index in [1.54, 1.807) is 30.3 Å². The minimum Gasteiger partial charge on any atom is -0.478 e. The van der Waals surface area contributed by atoms with Crippen LogP contribution < -0.4 is 10.6 Å². The van der Waals surface area contributed by atoms with E-state index in [-0.39, 0.29) is 5.56 Å². The average molecular weight is 300 g/mol. The first kappa shape index (κ1) is 15.8. The summed E-state index contributed by atoms with van der Waals surface area (Å²) >= 11 is 0. The van der Waals surface area contributed by atoms with Crippen LogP contribution in [0, 0.1) is 5.92 Å². The Morgan fingerprint density at radius 3 is 2.73 bits per heavy atom. The van der Waals surface area contributed by atoms with Crippen molar-refractivity contribution >= 4 is 23.3 Å². The van der Waals surface area contributed by atoms with Gasteiger partial charge in [-0.2, -0.15) is 0 Å². The largest absolute Gasteiger partial charge is 0.478 e. The van der Waals surface area contributed by atoms with Gasteiger partial charge in [0.15, 0.2) is 0 Å². The number of rotatable bonds is 7. The van der Waals surface area contributed by atoms with E-state index in [1.165, 1.54) is 6.33 Å². The molecule has 1 aromatic heterocycles. The monoisotopic (exact) mass is 300 g/mol. The third-order valence-electron chi connectivity index (χ3n) is 3.08. The van der Waals surface area contributed by atoms with Gasteiger partial charge in [0.05, 0.1) is 5.56 Å². The molecule has 3 N–H and O–H groups in total. The molecule has 0 aliphatic rings. The number of hydrogen-bond donors (Lipinski definition) is 3. The smallest absolute Gasteiger partial charge is 0.335 e. The van der Waals surface area contributed by atoms with Crippen LogP contribution in [0.1, 0.15) is 30.6 Å². The van der Waals surface area contributed by atoms with Gasteiger partial charge in [-0.05, 0) is 30.5 Å². The molecule has 1 heterocycles. The van der Waals surface area contributed by atoms with Crippen molar-refractivity contribution in [1.82, 2.24) is 9.97 Å². The van der Waals surface area contributed by atoms with E-state index in [4.69, 9.17) is 5.11 Å². The molecule has 0 unspecified atom stereocenters. The predicted octanol–water partition coefficient (Wildman–Crippen LogP) is 3.38. The van der Waals surface area contributed by atoms with Gasteiger partial charge in [-0.3, -0.25) is 0 Å². The third-order valence-corrected chi connectivity index (χ3v) is 3.08. The highest BCUT2D eigenvalue weighted by Crippen LogP contribution is 2.17. The molecule has 116 valence electrons. The molecule has 6 nitrogen and oxygen atoms in total. The Bertz CT molecular complexity index is 644. The number of carbonyl (C=O) groups is 1. The molecule has 0 saturated carbocycles. The zero-order valence-electron chi connectivity index (χ0n) is 12.7. The molecule has 0 bridgehead atoms. The lowest BCUT2D eigenvalue weighted by Gasteiger charge is -2.10. The minimum atomic E-state index is -0.956. The average Bonchev–Trinajstić information content (AvgIpc) is 2.47. The maximum atomic E-state index is 11.0. The minimum absolute atomic E-state index is 0.231. The summed E-state index contributed by atoms with van der Waals surface area (Å²) in [5.74, 6) is 1.03. The van der Waals surface area contributed by atoms with Crippen LogP contribution in [0.15, 0.2) is 36.7 Å². The van der Waals surface area contributed by atoms with Gasteiger partial charge < -0.3 is 15.7 Å². The van der Waals surface area contributed by atoms with Crippen LogP contribution in [-0.2, 0) is 0 Å². The number of carboxylic acid groups (broad SMARTS) is 1. The van der Waals surface area contributed by atoms with E-state index in [0.717, 1.165) is 18.8 Å². The van der Waals surface area contributed by atoms with Crippen molar-refractivity contribution in [3.05, 3.63) is 42.2 Å². The lowest BCUT2D eigenvalue weighted by Crippen LogP contribution is -2.07. The quantitative estimate of drug-likeness (QED) is 0.726. The normalized spacial score (nSPS) is 10.5. The molecule has 22 heavy (non-hydrogen) atoms. The van der Waals surface area contributed by atoms with Crippen LogP contribution in [0.25, 0.3) is 0 Å². The van der Waals surface area contributed by atoms with Crippen LogP contribution in [0.5, 0.6) is 0 Å². The van der Waals surface area contributed by atoms with Crippen LogP contribution in [0.4, 0.5) is 17.3 Å². The highest BCUT2D eigenvalue weighted by molar-refractivity contribution is 5.89. The SMILES string of the molecule is CC(C)CCNc1cc(Nc2cccc(C(=O)O)c2)ncn1. The number of aromatic nitrogens is 2. The molecule has 1 aromatic carbocycles. The first-order chi connectivity index (χ1) is 10.5. The second-order valence-corrected chi connectivity index (χ2v) is 5.41. The van der Waals surface area contributed by atoms with Gasteiger partial charge in [0.1, 0.15) is 18.0 Å². The topological polar surface area (TPSA) is 87.1 Å². The Morgan fingerprint density at radius 1 is 1.23 bits per heavy atom. The van der Waals surface area contributed by atoms with Crippen molar-refractivity contribution in [2.24, 2.45) is 5.92 Å². The van der Waals surface area contributed by atoms with Crippen molar-refractivity contribution in [2.75, 3.05) is 17.2 Å². The molecule has 0 spiro atoms. The van der Waals surface area contributed by atoms with Crippen molar-refractivity contribution in [3.63, 3.8) is 0 Å². The van der Waals surface area contributed by atoms with Crippen LogP contribution >= 0.6 is 0 Å². The Morgan fingerprint density at radius 2 is 2.00 bits per heavy atom. The van der Waals surface area contributed by atoms with Crippen molar-refractivity contribution in [3.8, 4) is 0 Å². The second-order valence-electron chi connectivity index (χ2n) is 5.41. The number of benzene rings is 1. The summed E-state index contributed by atoms with van der Waals surface area (Å²) in [4.78, 5) is 19.3. The molecule has 6 heteroatoms. The molecule has 0 amide bonds. The summed E-state index contributed by atoms with van der Waals surface area (Å²) in [5, 5.41) is 15.3. The summed E-state index contributed by atoms with van der Waals surface area (Å²) in [7, 11) is 0. The Kier molecular flexibility index (Phi) is 5.30. The van der Waals surface area contributed by atoms with Crippen LogP contribution in [-0.4, -0.2) is 27.6 Å². The molecular formula is C16H20N4O2. The van der Waals surface area contributed by atoms with Gasteiger partial charge in [-0.1, -0.05) is 19.9 Å². The summed E-state index contributed by atoms with van der Waals surface area (Å²) in [6.45, 7) is 5.19. The van der Waals surface area contributed by atoms with E-state index < -0.39 is 5.97 Å². The second kappa shape index (κ2) is 7.40. The summed E-state index contributed by atoms with van der Waals surface area (Å²) in [6, 6.07) is 8.39. The molecule has 0 aliphatic heterocycles. The molecule has 0 atom stereocenters. The van der Waals surface area contributed by atoms with E-state index in [2.05, 4.69) is 34.4 Å². The maximum Gasteiger partial charge on any atom is 0.335 e. The molecule has 2 rings (SSSR count). The Labute approximate surface area is 129 Å².